The van der Waals surface area contributed by atoms with Gasteiger partial charge in [0.1, 0.15) is 5.75 Å². The van der Waals surface area contributed by atoms with Crippen molar-refractivity contribution in [2.45, 2.75) is 32.6 Å². The Balaban J connectivity index is 2.02. The molecule has 5 nitrogen and oxygen atoms in total. The Morgan fingerprint density at radius 3 is 2.57 bits per heavy atom. The van der Waals surface area contributed by atoms with Crippen LogP contribution in [0.15, 0.2) is 24.3 Å². The topological polar surface area (TPSA) is 86.6 Å². The van der Waals surface area contributed by atoms with Gasteiger partial charge in [0.05, 0.1) is 5.41 Å². The molecule has 1 saturated carbocycles. The van der Waals surface area contributed by atoms with Crippen LogP contribution in [0.3, 0.4) is 0 Å². The molecule has 1 aromatic rings. The highest BCUT2D eigenvalue weighted by molar-refractivity contribution is 5.94. The summed E-state index contributed by atoms with van der Waals surface area (Å²) in [5, 5.41) is 21.6. The third kappa shape index (κ3) is 3.54. The average Bonchev–Trinajstić information content (AvgIpc) is 2.46. The minimum Gasteiger partial charge on any atom is -0.508 e. The Hall–Kier alpha value is -2.04. The van der Waals surface area contributed by atoms with E-state index in [4.69, 9.17) is 0 Å². The van der Waals surface area contributed by atoms with Gasteiger partial charge in [-0.05, 0) is 49.8 Å². The first-order chi connectivity index (χ1) is 9.93. The third-order valence-electron chi connectivity index (χ3n) is 4.38. The highest BCUT2D eigenvalue weighted by atomic mass is 16.4. The van der Waals surface area contributed by atoms with Crippen LogP contribution in [0.25, 0.3) is 0 Å². The van der Waals surface area contributed by atoms with Crippen molar-refractivity contribution in [3.63, 3.8) is 0 Å². The number of hydrogen-bond acceptors (Lipinski definition) is 3. The molecule has 0 heterocycles. The zero-order chi connectivity index (χ0) is 15.5. The van der Waals surface area contributed by atoms with Gasteiger partial charge in [0, 0.05) is 12.1 Å². The van der Waals surface area contributed by atoms with Gasteiger partial charge in [-0.2, -0.15) is 0 Å². The summed E-state index contributed by atoms with van der Waals surface area (Å²) in [7, 11) is 0. The van der Waals surface area contributed by atoms with Gasteiger partial charge in [-0.25, -0.2) is 0 Å². The van der Waals surface area contributed by atoms with E-state index in [2.05, 4.69) is 12.2 Å². The number of phenols is 1. The number of carbonyl (C=O) groups is 2. The smallest absolute Gasteiger partial charge is 0.311 e. The molecule has 0 radical (unpaired) electrons. The van der Waals surface area contributed by atoms with Crippen LogP contribution in [0.5, 0.6) is 5.75 Å². The largest absolute Gasteiger partial charge is 0.508 e. The van der Waals surface area contributed by atoms with Gasteiger partial charge >= 0.3 is 5.97 Å². The number of carboxylic acid groups (broad SMARTS) is 1. The maximum atomic E-state index is 12.1. The maximum Gasteiger partial charge on any atom is 0.311 e. The van der Waals surface area contributed by atoms with E-state index >= 15 is 0 Å². The molecule has 1 amide bonds. The Labute approximate surface area is 124 Å². The second-order valence-electron chi connectivity index (χ2n) is 6.00. The summed E-state index contributed by atoms with van der Waals surface area (Å²) >= 11 is 0. The van der Waals surface area contributed by atoms with E-state index in [-0.39, 0.29) is 18.2 Å². The van der Waals surface area contributed by atoms with Crippen LogP contribution in [0.2, 0.25) is 0 Å². The monoisotopic (exact) mass is 291 g/mol. The molecular formula is C16H21NO4. The number of rotatable bonds is 4. The molecule has 0 saturated heterocycles. The summed E-state index contributed by atoms with van der Waals surface area (Å²) in [5.74, 6) is -0.642. The van der Waals surface area contributed by atoms with Crippen molar-refractivity contribution in [2.24, 2.45) is 11.3 Å². The van der Waals surface area contributed by atoms with E-state index in [0.717, 1.165) is 12.8 Å². The van der Waals surface area contributed by atoms with E-state index in [0.29, 0.717) is 24.3 Å². The fraction of sp³-hybridized carbons (Fsp3) is 0.500. The molecule has 1 aromatic carbocycles. The fourth-order valence-corrected chi connectivity index (χ4v) is 2.78. The lowest BCUT2D eigenvalue weighted by Gasteiger charge is -2.35. The van der Waals surface area contributed by atoms with E-state index in [1.165, 1.54) is 12.1 Å². The van der Waals surface area contributed by atoms with Crippen LogP contribution in [-0.4, -0.2) is 28.6 Å². The molecule has 0 atom stereocenters. The fourth-order valence-electron chi connectivity index (χ4n) is 2.78. The van der Waals surface area contributed by atoms with Crippen molar-refractivity contribution >= 4 is 11.9 Å². The second-order valence-corrected chi connectivity index (χ2v) is 6.00. The van der Waals surface area contributed by atoms with Crippen LogP contribution >= 0.6 is 0 Å². The molecule has 5 heteroatoms. The summed E-state index contributed by atoms with van der Waals surface area (Å²) in [6, 6.07) is 6.02. The van der Waals surface area contributed by atoms with Crippen LogP contribution in [-0.2, 0) is 4.79 Å². The lowest BCUT2D eigenvalue weighted by molar-refractivity contribution is -0.151. The zero-order valence-corrected chi connectivity index (χ0v) is 12.1. The summed E-state index contributed by atoms with van der Waals surface area (Å²) in [5.41, 5.74) is -0.529. The number of nitrogens with one attached hydrogen (secondary N) is 1. The SMILES string of the molecule is CC1CCC(CNC(=O)c2cccc(O)c2)(C(=O)O)CC1. The van der Waals surface area contributed by atoms with Gasteiger partial charge in [-0.3, -0.25) is 9.59 Å². The van der Waals surface area contributed by atoms with Crippen LogP contribution in [0.1, 0.15) is 43.0 Å². The van der Waals surface area contributed by atoms with E-state index in [1.54, 1.807) is 12.1 Å². The summed E-state index contributed by atoms with van der Waals surface area (Å²) in [4.78, 5) is 23.6. The first-order valence-electron chi connectivity index (χ1n) is 7.23. The Kier molecular flexibility index (Phi) is 4.50. The molecule has 0 aliphatic heterocycles. The molecule has 114 valence electrons. The lowest BCUT2D eigenvalue weighted by atomic mass is 9.71. The number of benzene rings is 1. The van der Waals surface area contributed by atoms with Crippen LogP contribution < -0.4 is 5.32 Å². The first-order valence-corrected chi connectivity index (χ1v) is 7.23. The number of amides is 1. The zero-order valence-electron chi connectivity index (χ0n) is 12.1. The highest BCUT2D eigenvalue weighted by Gasteiger charge is 2.41. The number of aromatic hydroxyl groups is 1. The standard InChI is InChI=1S/C16H21NO4/c1-11-5-7-16(8-6-11,15(20)21)10-17-14(19)12-3-2-4-13(18)9-12/h2-4,9,11,18H,5-8,10H2,1H3,(H,17,19)(H,20,21). The summed E-state index contributed by atoms with van der Waals surface area (Å²) in [6.45, 7) is 2.25. The molecule has 0 aromatic heterocycles. The van der Waals surface area contributed by atoms with Crippen molar-refractivity contribution in [1.82, 2.24) is 5.32 Å². The third-order valence-corrected chi connectivity index (χ3v) is 4.38. The van der Waals surface area contributed by atoms with Crippen LogP contribution in [0.4, 0.5) is 0 Å². The normalized spacial score (nSPS) is 25.3. The Bertz CT molecular complexity index is 533. The number of carboxylic acids is 1. The van der Waals surface area contributed by atoms with Crippen molar-refractivity contribution in [3.8, 4) is 5.75 Å². The number of aliphatic carboxylic acids is 1. The van der Waals surface area contributed by atoms with Crippen molar-refractivity contribution in [3.05, 3.63) is 29.8 Å². The molecular weight excluding hydrogens is 270 g/mol. The quantitative estimate of drug-likeness (QED) is 0.795. The molecule has 1 fully saturated rings. The predicted octanol–water partition coefficient (Wildman–Crippen LogP) is 2.40. The van der Waals surface area contributed by atoms with E-state index in [1.807, 2.05) is 0 Å². The Morgan fingerprint density at radius 2 is 2.00 bits per heavy atom. The van der Waals surface area contributed by atoms with E-state index in [9.17, 15) is 19.8 Å². The second kappa shape index (κ2) is 6.16. The maximum absolute atomic E-state index is 12.1. The molecule has 0 spiro atoms. The summed E-state index contributed by atoms with van der Waals surface area (Å²) < 4.78 is 0. The van der Waals surface area contributed by atoms with Gasteiger partial charge in [-0.15, -0.1) is 0 Å². The lowest BCUT2D eigenvalue weighted by Crippen LogP contribution is -2.45. The number of carbonyl (C=O) groups excluding carboxylic acids is 1. The first kappa shape index (κ1) is 15.4. The molecule has 1 aliphatic rings. The van der Waals surface area contributed by atoms with Gasteiger partial charge in [0.15, 0.2) is 0 Å². The summed E-state index contributed by atoms with van der Waals surface area (Å²) in [6.07, 6.45) is 2.91. The number of phenolic OH excluding ortho intramolecular Hbond substituents is 1. The highest BCUT2D eigenvalue weighted by Crippen LogP contribution is 2.38. The molecule has 2 rings (SSSR count). The molecule has 0 unspecified atom stereocenters. The minimum absolute atomic E-state index is 0.0158. The van der Waals surface area contributed by atoms with Gasteiger partial charge in [-0.1, -0.05) is 13.0 Å². The minimum atomic E-state index is -0.862. The van der Waals surface area contributed by atoms with Crippen molar-refractivity contribution in [1.29, 1.82) is 0 Å². The predicted molar refractivity (Wildman–Crippen MR) is 78.1 cm³/mol. The molecule has 21 heavy (non-hydrogen) atoms. The van der Waals surface area contributed by atoms with E-state index < -0.39 is 11.4 Å². The Morgan fingerprint density at radius 1 is 1.33 bits per heavy atom. The number of hydrogen-bond donors (Lipinski definition) is 3. The molecule has 1 aliphatic carbocycles. The van der Waals surface area contributed by atoms with Gasteiger partial charge < -0.3 is 15.5 Å². The van der Waals surface area contributed by atoms with Crippen molar-refractivity contribution in [2.75, 3.05) is 6.54 Å². The molecule has 0 bridgehead atoms. The van der Waals surface area contributed by atoms with Gasteiger partial charge in [0.25, 0.3) is 5.91 Å². The molecule has 3 N–H and O–H groups in total. The van der Waals surface area contributed by atoms with Crippen LogP contribution in [0, 0.1) is 11.3 Å². The average molecular weight is 291 g/mol. The van der Waals surface area contributed by atoms with Crippen molar-refractivity contribution < 1.29 is 19.8 Å². The van der Waals surface area contributed by atoms with Gasteiger partial charge in [0.2, 0.25) is 0 Å².